The van der Waals surface area contributed by atoms with Gasteiger partial charge in [0, 0.05) is 23.2 Å². The zero-order chi connectivity index (χ0) is 15.7. The summed E-state index contributed by atoms with van der Waals surface area (Å²) in [4.78, 5) is 22.7. The highest BCUT2D eigenvalue weighted by atomic mass is 35.5. The molecule has 1 heterocycles. The number of nitro groups is 1. The second kappa shape index (κ2) is 5.65. The number of nitro benzene ring substituents is 1. The van der Waals surface area contributed by atoms with Crippen LogP contribution in [0.4, 0.5) is 11.4 Å². The van der Waals surface area contributed by atoms with Gasteiger partial charge in [-0.2, -0.15) is 0 Å². The molecule has 2 aromatic rings. The number of hydrogen-bond acceptors (Lipinski definition) is 4. The summed E-state index contributed by atoms with van der Waals surface area (Å²) < 4.78 is 5.39. The summed E-state index contributed by atoms with van der Waals surface area (Å²) in [6.45, 7) is 0.620. The fourth-order valence-corrected chi connectivity index (χ4v) is 2.48. The molecule has 0 saturated carbocycles. The molecule has 0 aromatic heterocycles. The van der Waals surface area contributed by atoms with Gasteiger partial charge >= 0.3 is 0 Å². The van der Waals surface area contributed by atoms with Crippen LogP contribution in [0, 0.1) is 10.1 Å². The maximum atomic E-state index is 12.3. The zero-order valence-electron chi connectivity index (χ0n) is 11.3. The van der Waals surface area contributed by atoms with E-state index < -0.39 is 10.8 Å². The summed E-state index contributed by atoms with van der Waals surface area (Å²) >= 11 is 5.74. The number of anilines is 1. The fourth-order valence-electron chi connectivity index (χ4n) is 2.31. The van der Waals surface area contributed by atoms with Crippen LogP contribution in [0.15, 0.2) is 36.4 Å². The van der Waals surface area contributed by atoms with Gasteiger partial charge in [-0.3, -0.25) is 14.9 Å². The Kier molecular flexibility index (Phi) is 3.68. The van der Waals surface area contributed by atoms with Crippen LogP contribution in [0.1, 0.15) is 15.9 Å². The Labute approximate surface area is 130 Å². The summed E-state index contributed by atoms with van der Waals surface area (Å²) in [7, 11) is 0. The number of halogens is 1. The molecule has 0 spiro atoms. The summed E-state index contributed by atoms with van der Waals surface area (Å²) in [5.74, 6) is 0.248. The lowest BCUT2D eigenvalue weighted by atomic mass is 10.1. The van der Waals surface area contributed by atoms with Gasteiger partial charge in [0.05, 0.1) is 11.5 Å². The highest BCUT2D eigenvalue weighted by Crippen LogP contribution is 2.29. The summed E-state index contributed by atoms with van der Waals surface area (Å²) in [6.07, 6.45) is 0.778. The van der Waals surface area contributed by atoms with Gasteiger partial charge in [-0.1, -0.05) is 11.6 Å². The molecule has 0 aliphatic carbocycles. The molecule has 22 heavy (non-hydrogen) atoms. The maximum absolute atomic E-state index is 12.3. The van der Waals surface area contributed by atoms with E-state index >= 15 is 0 Å². The van der Waals surface area contributed by atoms with Crippen molar-refractivity contribution in [2.24, 2.45) is 0 Å². The van der Waals surface area contributed by atoms with Crippen LogP contribution in [-0.2, 0) is 6.42 Å². The minimum absolute atomic E-state index is 0.0360. The topological polar surface area (TPSA) is 81.5 Å². The lowest BCUT2D eigenvalue weighted by Crippen LogP contribution is -2.14. The van der Waals surface area contributed by atoms with Crippen LogP contribution in [0.5, 0.6) is 5.75 Å². The molecule has 0 fully saturated rings. The van der Waals surface area contributed by atoms with Crippen molar-refractivity contribution < 1.29 is 14.5 Å². The van der Waals surface area contributed by atoms with Gasteiger partial charge in [0.15, 0.2) is 0 Å². The van der Waals surface area contributed by atoms with Crippen molar-refractivity contribution in [1.82, 2.24) is 0 Å². The molecular formula is C15H11ClN2O4. The predicted molar refractivity (Wildman–Crippen MR) is 81.7 cm³/mol. The number of fused-ring (bicyclic) bond motifs is 1. The lowest BCUT2D eigenvalue weighted by molar-refractivity contribution is -0.385. The Bertz CT molecular complexity index is 776. The number of nitrogens with zero attached hydrogens (tertiary/aromatic N) is 1. The van der Waals surface area contributed by atoms with E-state index in [1.54, 1.807) is 12.1 Å². The van der Waals surface area contributed by atoms with Gasteiger partial charge in [-0.15, -0.1) is 0 Å². The summed E-state index contributed by atoms with van der Waals surface area (Å²) in [5.41, 5.74) is 1.21. The van der Waals surface area contributed by atoms with Gasteiger partial charge < -0.3 is 10.1 Å². The van der Waals surface area contributed by atoms with Gasteiger partial charge in [-0.05, 0) is 35.9 Å². The number of rotatable bonds is 3. The third kappa shape index (κ3) is 2.73. The zero-order valence-corrected chi connectivity index (χ0v) is 12.1. The number of nitrogens with one attached hydrogen (secondary N) is 1. The first kappa shape index (κ1) is 14.3. The first-order valence-electron chi connectivity index (χ1n) is 6.55. The van der Waals surface area contributed by atoms with Crippen LogP contribution < -0.4 is 10.1 Å². The molecule has 2 aromatic carbocycles. The SMILES string of the molecule is O=C(Nc1ccc2c(c1)CCO2)c1ccc(Cl)cc1[N+](=O)[O-]. The number of carbonyl (C=O) groups excluding carboxylic acids is 1. The van der Waals surface area contributed by atoms with Crippen molar-refractivity contribution >= 4 is 28.9 Å². The van der Waals surface area contributed by atoms with Crippen LogP contribution in [0.25, 0.3) is 0 Å². The second-order valence-corrected chi connectivity index (χ2v) is 5.23. The predicted octanol–water partition coefficient (Wildman–Crippen LogP) is 3.44. The molecule has 1 amide bonds. The molecule has 0 unspecified atom stereocenters. The van der Waals surface area contributed by atoms with E-state index in [1.165, 1.54) is 12.1 Å². The van der Waals surface area contributed by atoms with Crippen molar-refractivity contribution in [2.75, 3.05) is 11.9 Å². The van der Waals surface area contributed by atoms with Gasteiger partial charge in [0.1, 0.15) is 11.3 Å². The van der Waals surface area contributed by atoms with Crippen molar-refractivity contribution in [3.05, 3.63) is 62.7 Å². The molecule has 3 rings (SSSR count). The van der Waals surface area contributed by atoms with E-state index in [0.717, 1.165) is 23.8 Å². The number of amides is 1. The smallest absolute Gasteiger partial charge is 0.283 e. The molecule has 1 aliphatic rings. The van der Waals surface area contributed by atoms with Crippen molar-refractivity contribution in [2.45, 2.75) is 6.42 Å². The Morgan fingerprint density at radius 3 is 2.86 bits per heavy atom. The van der Waals surface area contributed by atoms with Crippen LogP contribution in [0.3, 0.4) is 0 Å². The monoisotopic (exact) mass is 318 g/mol. The third-order valence-corrected chi connectivity index (χ3v) is 3.58. The highest BCUT2D eigenvalue weighted by Gasteiger charge is 2.21. The van der Waals surface area contributed by atoms with E-state index in [0.29, 0.717) is 12.3 Å². The number of carbonyl (C=O) groups is 1. The van der Waals surface area contributed by atoms with Crippen molar-refractivity contribution in [3.63, 3.8) is 0 Å². The molecule has 1 aliphatic heterocycles. The molecule has 1 N–H and O–H groups in total. The minimum Gasteiger partial charge on any atom is -0.493 e. The first-order valence-corrected chi connectivity index (χ1v) is 6.93. The quantitative estimate of drug-likeness (QED) is 0.694. The third-order valence-electron chi connectivity index (χ3n) is 3.35. The van der Waals surface area contributed by atoms with Crippen LogP contribution >= 0.6 is 11.6 Å². The van der Waals surface area contributed by atoms with E-state index in [1.807, 2.05) is 6.07 Å². The molecule has 0 radical (unpaired) electrons. The Balaban J connectivity index is 1.87. The average Bonchev–Trinajstić information content (AvgIpc) is 2.94. The van der Waals surface area contributed by atoms with Gasteiger partial charge in [0.25, 0.3) is 11.6 Å². The number of benzene rings is 2. The number of hydrogen-bond donors (Lipinski definition) is 1. The molecule has 6 nitrogen and oxygen atoms in total. The molecule has 0 bridgehead atoms. The highest BCUT2D eigenvalue weighted by molar-refractivity contribution is 6.31. The summed E-state index contributed by atoms with van der Waals surface area (Å²) in [6, 6.07) is 9.22. The second-order valence-electron chi connectivity index (χ2n) is 4.79. The first-order chi connectivity index (χ1) is 10.5. The normalized spacial score (nSPS) is 12.4. The number of ether oxygens (including phenoxy) is 1. The van der Waals surface area contributed by atoms with Gasteiger partial charge in [-0.25, -0.2) is 0 Å². The van der Waals surface area contributed by atoms with E-state index in [2.05, 4.69) is 5.32 Å². The summed E-state index contributed by atoms with van der Waals surface area (Å²) in [5, 5.41) is 13.9. The van der Waals surface area contributed by atoms with Gasteiger partial charge in [0.2, 0.25) is 0 Å². The van der Waals surface area contributed by atoms with E-state index in [4.69, 9.17) is 16.3 Å². The standard InChI is InChI=1S/C15H11ClN2O4/c16-10-1-3-12(13(8-10)18(20)21)15(19)17-11-2-4-14-9(7-11)5-6-22-14/h1-4,7-8H,5-6H2,(H,17,19). The Morgan fingerprint density at radius 1 is 1.27 bits per heavy atom. The molecular weight excluding hydrogens is 308 g/mol. The Morgan fingerprint density at radius 2 is 2.09 bits per heavy atom. The lowest BCUT2D eigenvalue weighted by Gasteiger charge is -2.07. The van der Waals surface area contributed by atoms with Crippen LogP contribution in [0.2, 0.25) is 5.02 Å². The van der Waals surface area contributed by atoms with E-state index in [9.17, 15) is 14.9 Å². The molecule has 112 valence electrons. The molecule has 7 heteroatoms. The fraction of sp³-hybridized carbons (Fsp3) is 0.133. The molecule has 0 atom stereocenters. The van der Waals surface area contributed by atoms with Crippen molar-refractivity contribution in [3.8, 4) is 5.75 Å². The van der Waals surface area contributed by atoms with Crippen LogP contribution in [-0.4, -0.2) is 17.4 Å². The minimum atomic E-state index is -0.628. The average molecular weight is 319 g/mol. The largest absolute Gasteiger partial charge is 0.493 e. The van der Waals surface area contributed by atoms with E-state index in [-0.39, 0.29) is 16.3 Å². The Hall–Kier alpha value is -2.60. The van der Waals surface area contributed by atoms with Crippen molar-refractivity contribution in [1.29, 1.82) is 0 Å². The molecule has 0 saturated heterocycles. The maximum Gasteiger partial charge on any atom is 0.283 e.